The molecule has 1 aromatic heterocycles. The first-order valence-corrected chi connectivity index (χ1v) is 6.12. The molecule has 0 atom stereocenters. The summed E-state index contributed by atoms with van der Waals surface area (Å²) in [7, 11) is 0. The lowest BCUT2D eigenvalue weighted by atomic mass is 10.0. The highest BCUT2D eigenvalue weighted by atomic mass is 19.4. The zero-order valence-electron chi connectivity index (χ0n) is 10.5. The van der Waals surface area contributed by atoms with E-state index in [4.69, 9.17) is 5.26 Å². The molecule has 0 bridgehead atoms. The number of nitriles is 1. The third kappa shape index (κ3) is 2.98. The Morgan fingerprint density at radius 2 is 2.11 bits per heavy atom. The maximum absolute atomic E-state index is 12.6. The minimum Gasteiger partial charge on any atom is -0.368 e. The van der Waals surface area contributed by atoms with Gasteiger partial charge in [-0.3, -0.25) is 0 Å². The summed E-state index contributed by atoms with van der Waals surface area (Å²) in [6.45, 7) is 2.62. The zero-order valence-corrected chi connectivity index (χ0v) is 10.5. The number of nitrogens with zero attached hydrogens (tertiary/aromatic N) is 2. The Balaban J connectivity index is 2.20. The number of alkyl halides is 3. The Labute approximate surface area is 109 Å². The predicted molar refractivity (Wildman–Crippen MR) is 64.4 cm³/mol. The van der Waals surface area contributed by atoms with E-state index in [0.29, 0.717) is 6.54 Å². The molecule has 1 aliphatic rings. The molecule has 0 aromatic carbocycles. The van der Waals surface area contributed by atoms with Gasteiger partial charge in [0.25, 0.3) is 0 Å². The summed E-state index contributed by atoms with van der Waals surface area (Å²) < 4.78 is 37.7. The number of nitrogens with one attached hydrogen (secondary N) is 1. The molecule has 0 spiro atoms. The Hall–Kier alpha value is -1.77. The zero-order chi connectivity index (χ0) is 14.1. The van der Waals surface area contributed by atoms with Gasteiger partial charge in [0, 0.05) is 6.54 Å². The van der Waals surface area contributed by atoms with E-state index in [1.165, 1.54) is 0 Å². The molecule has 0 aliphatic heterocycles. The summed E-state index contributed by atoms with van der Waals surface area (Å²) in [4.78, 5) is 3.52. The quantitative estimate of drug-likeness (QED) is 0.909. The number of hydrogen-bond donors (Lipinski definition) is 1. The lowest BCUT2D eigenvalue weighted by Crippen LogP contribution is -2.17. The molecule has 1 saturated carbocycles. The topological polar surface area (TPSA) is 48.7 Å². The number of hydrogen-bond acceptors (Lipinski definition) is 3. The van der Waals surface area contributed by atoms with Gasteiger partial charge in [-0.15, -0.1) is 0 Å². The molecule has 19 heavy (non-hydrogen) atoms. The summed E-state index contributed by atoms with van der Waals surface area (Å²) in [6, 6.07) is 3.84. The minimum absolute atomic E-state index is 0.0250. The van der Waals surface area contributed by atoms with Gasteiger partial charge in [-0.2, -0.15) is 18.4 Å². The number of rotatable bonds is 4. The number of halogens is 3. The summed E-state index contributed by atoms with van der Waals surface area (Å²) in [5.41, 5.74) is -0.668. The fraction of sp³-hybridized carbons (Fsp3) is 0.538. The molecule has 1 N–H and O–H groups in total. The van der Waals surface area contributed by atoms with Crippen molar-refractivity contribution < 1.29 is 13.2 Å². The van der Waals surface area contributed by atoms with Crippen molar-refractivity contribution in [2.24, 2.45) is 5.41 Å². The molecule has 0 amide bonds. The molecule has 0 unspecified atom stereocenters. The van der Waals surface area contributed by atoms with Gasteiger partial charge in [-0.25, -0.2) is 4.98 Å². The summed E-state index contributed by atoms with van der Waals surface area (Å²) >= 11 is 0. The van der Waals surface area contributed by atoms with Crippen LogP contribution in [0, 0.1) is 16.7 Å². The van der Waals surface area contributed by atoms with Crippen LogP contribution >= 0.6 is 0 Å². The van der Waals surface area contributed by atoms with Crippen molar-refractivity contribution in [3.8, 4) is 6.07 Å². The lowest BCUT2D eigenvalue weighted by molar-refractivity contribution is -0.141. The molecule has 0 radical (unpaired) electrons. The van der Waals surface area contributed by atoms with E-state index in [2.05, 4.69) is 17.2 Å². The molecule has 0 saturated heterocycles. The van der Waals surface area contributed by atoms with Crippen molar-refractivity contribution in [2.75, 3.05) is 11.9 Å². The molecule has 1 aliphatic carbocycles. The monoisotopic (exact) mass is 269 g/mol. The average Bonchev–Trinajstić information content (AvgIpc) is 3.15. The van der Waals surface area contributed by atoms with Crippen LogP contribution < -0.4 is 5.32 Å². The first-order valence-electron chi connectivity index (χ1n) is 6.12. The lowest BCUT2D eigenvalue weighted by Gasteiger charge is -2.15. The SMILES string of the molecule is CCC1(CNc2nc(C(F)(F)F)ccc2C#N)CC1. The molecule has 1 fully saturated rings. The smallest absolute Gasteiger partial charge is 0.368 e. The van der Waals surface area contributed by atoms with Crippen LogP contribution in [-0.2, 0) is 6.18 Å². The molecular weight excluding hydrogens is 255 g/mol. The van der Waals surface area contributed by atoms with Crippen molar-refractivity contribution in [3.63, 3.8) is 0 Å². The Bertz CT molecular complexity index is 513. The number of pyridine rings is 1. The van der Waals surface area contributed by atoms with Crippen molar-refractivity contribution in [1.29, 1.82) is 5.26 Å². The van der Waals surface area contributed by atoms with Crippen molar-refractivity contribution in [2.45, 2.75) is 32.4 Å². The second-order valence-corrected chi connectivity index (χ2v) is 4.91. The Morgan fingerprint density at radius 3 is 2.58 bits per heavy atom. The maximum Gasteiger partial charge on any atom is 0.433 e. The second kappa shape index (κ2) is 4.72. The fourth-order valence-electron chi connectivity index (χ4n) is 1.95. The van der Waals surface area contributed by atoms with E-state index in [1.54, 1.807) is 0 Å². The van der Waals surface area contributed by atoms with Gasteiger partial charge in [0.15, 0.2) is 0 Å². The molecule has 1 aromatic rings. The maximum atomic E-state index is 12.6. The van der Waals surface area contributed by atoms with E-state index in [1.807, 2.05) is 6.07 Å². The van der Waals surface area contributed by atoms with Crippen LogP contribution in [-0.4, -0.2) is 11.5 Å². The summed E-state index contributed by atoms with van der Waals surface area (Å²) in [6.07, 6.45) is -1.39. The van der Waals surface area contributed by atoms with Crippen LogP contribution in [0.15, 0.2) is 12.1 Å². The van der Waals surface area contributed by atoms with Gasteiger partial charge in [-0.1, -0.05) is 6.92 Å². The largest absolute Gasteiger partial charge is 0.433 e. The molecule has 102 valence electrons. The van der Waals surface area contributed by atoms with E-state index >= 15 is 0 Å². The highest BCUT2D eigenvalue weighted by Gasteiger charge is 2.40. The molecule has 2 rings (SSSR count). The first-order chi connectivity index (χ1) is 8.90. The molecule has 6 heteroatoms. The van der Waals surface area contributed by atoms with Crippen LogP contribution in [0.1, 0.15) is 37.4 Å². The fourth-order valence-corrected chi connectivity index (χ4v) is 1.95. The average molecular weight is 269 g/mol. The van der Waals surface area contributed by atoms with Gasteiger partial charge in [-0.05, 0) is 36.8 Å². The first kappa shape index (κ1) is 13.7. The van der Waals surface area contributed by atoms with Crippen LogP contribution in [0.2, 0.25) is 0 Å². The van der Waals surface area contributed by atoms with E-state index in [0.717, 1.165) is 31.4 Å². The van der Waals surface area contributed by atoms with Crippen LogP contribution in [0.4, 0.5) is 19.0 Å². The third-order valence-electron chi connectivity index (χ3n) is 3.64. The molecule has 1 heterocycles. The number of anilines is 1. The van der Waals surface area contributed by atoms with Crippen molar-refractivity contribution in [1.82, 2.24) is 4.98 Å². The van der Waals surface area contributed by atoms with Gasteiger partial charge >= 0.3 is 6.18 Å². The standard InChI is InChI=1S/C13H14F3N3/c1-2-12(5-6-12)8-18-11-9(7-17)3-4-10(19-11)13(14,15)16/h3-4H,2,5-6,8H2,1H3,(H,18,19). The highest BCUT2D eigenvalue weighted by molar-refractivity contribution is 5.52. The van der Waals surface area contributed by atoms with Crippen LogP contribution in [0.25, 0.3) is 0 Å². The molecular formula is C13H14F3N3. The van der Waals surface area contributed by atoms with Gasteiger partial charge in [0.2, 0.25) is 0 Å². The Morgan fingerprint density at radius 1 is 1.42 bits per heavy atom. The van der Waals surface area contributed by atoms with Gasteiger partial charge in [0.05, 0.1) is 5.56 Å². The van der Waals surface area contributed by atoms with Crippen molar-refractivity contribution in [3.05, 3.63) is 23.4 Å². The van der Waals surface area contributed by atoms with E-state index in [-0.39, 0.29) is 16.8 Å². The Kier molecular flexibility index (Phi) is 3.40. The van der Waals surface area contributed by atoms with Gasteiger partial charge < -0.3 is 5.32 Å². The second-order valence-electron chi connectivity index (χ2n) is 4.91. The minimum atomic E-state index is -4.49. The predicted octanol–water partition coefficient (Wildman–Crippen LogP) is 3.57. The van der Waals surface area contributed by atoms with Gasteiger partial charge in [0.1, 0.15) is 17.6 Å². The van der Waals surface area contributed by atoms with Crippen molar-refractivity contribution >= 4 is 5.82 Å². The van der Waals surface area contributed by atoms with E-state index < -0.39 is 11.9 Å². The molecule has 3 nitrogen and oxygen atoms in total. The number of aromatic nitrogens is 1. The highest BCUT2D eigenvalue weighted by Crippen LogP contribution is 2.48. The third-order valence-corrected chi connectivity index (χ3v) is 3.64. The summed E-state index contributed by atoms with van der Waals surface area (Å²) in [5.74, 6) is 0.0250. The van der Waals surface area contributed by atoms with Crippen LogP contribution in [0.5, 0.6) is 0 Å². The van der Waals surface area contributed by atoms with Crippen LogP contribution in [0.3, 0.4) is 0 Å². The normalized spacial score (nSPS) is 16.8. The summed E-state index contributed by atoms with van der Waals surface area (Å²) in [5, 5.41) is 11.8. The van der Waals surface area contributed by atoms with E-state index in [9.17, 15) is 13.2 Å².